The quantitative estimate of drug-likeness (QED) is 0.0320. The molecule has 0 heterocycles. The SMILES string of the molecule is CCCCC/C=C\C/C=C\CCCCCCCCCCCC(=O)OCCCCCCCCCCCCCC/C=C\CCCCCCCCCCC(=O)NC(CO)C(O)/C=C/CCCCCCCCCCCCC. The molecule has 0 aromatic heterocycles. The van der Waals surface area contributed by atoms with E-state index in [0.29, 0.717) is 19.4 Å². The average molecular weight is 1020 g/mol. The zero-order chi connectivity index (χ0) is 52.9. The number of carbonyl (C=O) groups excluding carboxylic acids is 2. The lowest BCUT2D eigenvalue weighted by Gasteiger charge is -2.20. The summed E-state index contributed by atoms with van der Waals surface area (Å²) in [7, 11) is 0. The molecule has 2 atom stereocenters. The molecule has 0 radical (unpaired) electrons. The third-order valence-corrected chi connectivity index (χ3v) is 14.8. The number of allylic oxidation sites excluding steroid dienone is 7. The number of aliphatic hydroxyl groups excluding tert-OH is 2. The molecule has 3 N–H and O–H groups in total. The summed E-state index contributed by atoms with van der Waals surface area (Å²) in [6.07, 6.45) is 80.2. The summed E-state index contributed by atoms with van der Waals surface area (Å²) in [5.41, 5.74) is 0. The van der Waals surface area contributed by atoms with Gasteiger partial charge in [0, 0.05) is 12.8 Å². The highest BCUT2D eigenvalue weighted by Gasteiger charge is 2.18. The van der Waals surface area contributed by atoms with Gasteiger partial charge in [-0.05, 0) is 89.9 Å². The van der Waals surface area contributed by atoms with Gasteiger partial charge in [0.05, 0.1) is 25.4 Å². The number of hydrogen-bond donors (Lipinski definition) is 3. The number of nitrogens with one attached hydrogen (secondary N) is 1. The first kappa shape index (κ1) is 70.8. The van der Waals surface area contributed by atoms with Crippen LogP contribution in [0.5, 0.6) is 0 Å². The molecule has 6 heteroatoms. The minimum absolute atomic E-state index is 0.00808. The van der Waals surface area contributed by atoms with Crippen LogP contribution < -0.4 is 5.32 Å². The first-order chi connectivity index (χ1) is 36.0. The van der Waals surface area contributed by atoms with Gasteiger partial charge in [-0.1, -0.05) is 287 Å². The van der Waals surface area contributed by atoms with Crippen molar-refractivity contribution in [2.24, 2.45) is 0 Å². The topological polar surface area (TPSA) is 95.9 Å². The molecule has 0 aromatic rings. The lowest BCUT2D eigenvalue weighted by atomic mass is 10.0. The van der Waals surface area contributed by atoms with Crippen LogP contribution in [0.2, 0.25) is 0 Å². The summed E-state index contributed by atoms with van der Waals surface area (Å²) < 4.78 is 5.50. The Hall–Kier alpha value is -2.18. The van der Waals surface area contributed by atoms with Crippen molar-refractivity contribution in [2.45, 2.75) is 353 Å². The van der Waals surface area contributed by atoms with Crippen molar-refractivity contribution in [2.75, 3.05) is 13.2 Å². The fraction of sp³-hybridized carbons (Fsp3) is 0.851. The molecule has 2 unspecified atom stereocenters. The van der Waals surface area contributed by atoms with Crippen LogP contribution in [0.15, 0.2) is 48.6 Å². The molecule has 0 saturated carbocycles. The van der Waals surface area contributed by atoms with Crippen LogP contribution in [-0.4, -0.2) is 47.4 Å². The molecule has 0 aliphatic rings. The second-order valence-corrected chi connectivity index (χ2v) is 22.1. The number of esters is 1. The average Bonchev–Trinajstić information content (AvgIpc) is 3.39. The first-order valence-electron chi connectivity index (χ1n) is 32.4. The lowest BCUT2D eigenvalue weighted by molar-refractivity contribution is -0.143. The monoisotopic (exact) mass is 1020 g/mol. The van der Waals surface area contributed by atoms with E-state index in [2.05, 4.69) is 55.6 Å². The van der Waals surface area contributed by atoms with Gasteiger partial charge in [0.1, 0.15) is 0 Å². The number of rotatable bonds is 60. The van der Waals surface area contributed by atoms with Gasteiger partial charge >= 0.3 is 5.97 Å². The maximum absolute atomic E-state index is 12.4. The van der Waals surface area contributed by atoms with Crippen molar-refractivity contribution in [3.8, 4) is 0 Å². The van der Waals surface area contributed by atoms with Crippen LogP contribution in [0, 0.1) is 0 Å². The highest BCUT2D eigenvalue weighted by molar-refractivity contribution is 5.76. The molecule has 0 aliphatic heterocycles. The second kappa shape index (κ2) is 62.4. The molecule has 0 rings (SSSR count). The van der Waals surface area contributed by atoms with Crippen molar-refractivity contribution in [1.82, 2.24) is 5.32 Å². The fourth-order valence-electron chi connectivity index (χ4n) is 9.84. The summed E-state index contributed by atoms with van der Waals surface area (Å²) >= 11 is 0. The van der Waals surface area contributed by atoms with Gasteiger partial charge in [-0.3, -0.25) is 9.59 Å². The van der Waals surface area contributed by atoms with E-state index in [1.165, 1.54) is 263 Å². The number of ether oxygens (including phenoxy) is 1. The van der Waals surface area contributed by atoms with E-state index in [9.17, 15) is 19.8 Å². The smallest absolute Gasteiger partial charge is 0.305 e. The minimum atomic E-state index is -0.847. The molecule has 0 spiro atoms. The van der Waals surface area contributed by atoms with Crippen LogP contribution in [0.4, 0.5) is 0 Å². The Labute approximate surface area is 455 Å². The Morgan fingerprint density at radius 1 is 0.384 bits per heavy atom. The number of amides is 1. The van der Waals surface area contributed by atoms with Crippen molar-refractivity contribution in [3.05, 3.63) is 48.6 Å². The van der Waals surface area contributed by atoms with Gasteiger partial charge in [0.15, 0.2) is 0 Å². The summed E-state index contributed by atoms with van der Waals surface area (Å²) in [5.74, 6) is -0.0644. The molecular formula is C67H125NO5. The molecule has 0 aliphatic carbocycles. The minimum Gasteiger partial charge on any atom is -0.466 e. The molecule has 73 heavy (non-hydrogen) atoms. The molecule has 1 amide bonds. The van der Waals surface area contributed by atoms with Gasteiger partial charge in [-0.25, -0.2) is 0 Å². The van der Waals surface area contributed by atoms with Gasteiger partial charge in [-0.15, -0.1) is 0 Å². The lowest BCUT2D eigenvalue weighted by Crippen LogP contribution is -2.45. The molecule has 0 aromatic carbocycles. The van der Waals surface area contributed by atoms with E-state index in [-0.39, 0.29) is 18.5 Å². The summed E-state index contributed by atoms with van der Waals surface area (Å²) in [5, 5.41) is 23.1. The van der Waals surface area contributed by atoms with Crippen molar-refractivity contribution in [1.29, 1.82) is 0 Å². The van der Waals surface area contributed by atoms with Crippen LogP contribution in [0.25, 0.3) is 0 Å². The number of carbonyl (C=O) groups is 2. The van der Waals surface area contributed by atoms with E-state index in [1.807, 2.05) is 6.08 Å². The third-order valence-electron chi connectivity index (χ3n) is 14.8. The first-order valence-corrected chi connectivity index (χ1v) is 32.4. The van der Waals surface area contributed by atoms with E-state index < -0.39 is 12.1 Å². The molecule has 0 saturated heterocycles. The molecular weight excluding hydrogens is 899 g/mol. The highest BCUT2D eigenvalue weighted by Crippen LogP contribution is 2.17. The standard InChI is InChI=1S/C67H125NO5/c1-3-5-7-9-11-13-15-17-18-19-26-30-33-37-41-45-49-53-57-61-67(72)73-62-58-54-50-46-42-38-34-31-28-25-23-21-20-22-24-27-29-32-36-40-44-48-52-56-60-66(71)68-64(63-69)65(70)59-55-51-47-43-39-35-16-14-12-10-8-6-4-2/h11,13,17-18,22,24,55,59,64-65,69-70H,3-10,12,14-16,19-21,23,25-54,56-58,60-63H2,1-2H3,(H,68,71)/b13-11-,18-17-,24-22-,59-55+. The third kappa shape index (κ3) is 58.9. The van der Waals surface area contributed by atoms with E-state index >= 15 is 0 Å². The van der Waals surface area contributed by atoms with Gasteiger partial charge in [0.25, 0.3) is 0 Å². The fourth-order valence-corrected chi connectivity index (χ4v) is 9.84. The zero-order valence-corrected chi connectivity index (χ0v) is 48.9. The number of unbranched alkanes of at least 4 members (excludes halogenated alkanes) is 43. The van der Waals surface area contributed by atoms with E-state index in [0.717, 1.165) is 51.4 Å². The van der Waals surface area contributed by atoms with Gasteiger partial charge in [-0.2, -0.15) is 0 Å². The van der Waals surface area contributed by atoms with Crippen LogP contribution in [-0.2, 0) is 14.3 Å². The zero-order valence-electron chi connectivity index (χ0n) is 48.9. The normalized spacial score (nSPS) is 12.9. The molecule has 0 bridgehead atoms. The summed E-state index contributed by atoms with van der Waals surface area (Å²) in [4.78, 5) is 24.6. The largest absolute Gasteiger partial charge is 0.466 e. The highest BCUT2D eigenvalue weighted by atomic mass is 16.5. The van der Waals surface area contributed by atoms with Crippen LogP contribution >= 0.6 is 0 Å². The number of hydrogen-bond acceptors (Lipinski definition) is 5. The molecule has 0 fully saturated rings. The van der Waals surface area contributed by atoms with Crippen molar-refractivity contribution < 1.29 is 24.5 Å². The van der Waals surface area contributed by atoms with Crippen molar-refractivity contribution >= 4 is 11.9 Å². The Kier molecular flexibility index (Phi) is 60.5. The van der Waals surface area contributed by atoms with E-state index in [4.69, 9.17) is 4.74 Å². The molecule has 6 nitrogen and oxygen atoms in total. The molecule has 428 valence electrons. The Morgan fingerprint density at radius 2 is 0.685 bits per heavy atom. The van der Waals surface area contributed by atoms with Crippen molar-refractivity contribution in [3.63, 3.8) is 0 Å². The summed E-state index contributed by atoms with van der Waals surface area (Å²) in [6.45, 7) is 4.88. The summed E-state index contributed by atoms with van der Waals surface area (Å²) in [6, 6.07) is -0.631. The van der Waals surface area contributed by atoms with Crippen LogP contribution in [0.1, 0.15) is 341 Å². The predicted octanol–water partition coefficient (Wildman–Crippen LogP) is 20.5. The number of aliphatic hydroxyl groups is 2. The maximum Gasteiger partial charge on any atom is 0.305 e. The Morgan fingerprint density at radius 3 is 1.08 bits per heavy atom. The van der Waals surface area contributed by atoms with Gasteiger partial charge < -0.3 is 20.3 Å². The Balaban J connectivity index is 3.40. The predicted molar refractivity (Wildman–Crippen MR) is 319 cm³/mol. The van der Waals surface area contributed by atoms with E-state index in [1.54, 1.807) is 6.08 Å². The van der Waals surface area contributed by atoms with Crippen LogP contribution in [0.3, 0.4) is 0 Å². The van der Waals surface area contributed by atoms with Gasteiger partial charge in [0.2, 0.25) is 5.91 Å². The second-order valence-electron chi connectivity index (χ2n) is 22.1. The maximum atomic E-state index is 12.4. The Bertz CT molecular complexity index is 1230.